The van der Waals surface area contributed by atoms with Crippen LogP contribution in [0.5, 0.6) is 0 Å². The Morgan fingerprint density at radius 2 is 1.38 bits per heavy atom. The summed E-state index contributed by atoms with van der Waals surface area (Å²) in [6, 6.07) is 0. The monoisotopic (exact) mass is 382 g/mol. The fourth-order valence-electron chi connectivity index (χ4n) is 1.94. The molecule has 1 aliphatic rings. The fraction of sp³-hybridized carbons (Fsp3) is 1.00. The molecule has 0 radical (unpaired) electrons. The largest absolute Gasteiger partial charge is 0.466 e. The van der Waals surface area contributed by atoms with Crippen LogP contribution in [0.4, 0.5) is 0 Å². The van der Waals surface area contributed by atoms with Crippen LogP contribution in [0.25, 0.3) is 0 Å². The second kappa shape index (κ2) is 10.0. The van der Waals surface area contributed by atoms with Crippen molar-refractivity contribution in [1.29, 1.82) is 0 Å². The van der Waals surface area contributed by atoms with Gasteiger partial charge in [-0.15, -0.1) is 0 Å². The number of hydrogen-bond acceptors (Lipinski definition) is 10. The molecule has 0 bridgehead atoms. The maximum absolute atomic E-state index is 9.75. The lowest BCUT2D eigenvalue weighted by atomic mass is 9.95. The third-order valence-corrected chi connectivity index (χ3v) is 3.20. The van der Waals surface area contributed by atoms with Crippen molar-refractivity contribution in [2.45, 2.75) is 48.8 Å². The molecule has 0 aromatic carbocycles. The normalized spacial score (nSPS) is 32.5. The molecule has 1 saturated heterocycles. The molecule has 8 atom stereocenters. The third kappa shape index (κ3) is 7.33. The Bertz CT molecular complexity index is 394. The van der Waals surface area contributed by atoms with Crippen molar-refractivity contribution in [2.75, 3.05) is 13.2 Å². The first-order valence-electron chi connectivity index (χ1n) is 6.59. The van der Waals surface area contributed by atoms with Crippen molar-refractivity contribution in [3.8, 4) is 0 Å². The quantitative estimate of drug-likeness (QED) is 0.192. The van der Waals surface area contributed by atoms with E-state index in [2.05, 4.69) is 0 Å². The van der Waals surface area contributed by atoms with Crippen molar-refractivity contribution in [3.05, 3.63) is 0 Å². The summed E-state index contributed by atoms with van der Waals surface area (Å²) in [5, 5.41) is 74.5. The second-order valence-electron chi connectivity index (χ2n) is 5.04. The van der Waals surface area contributed by atoms with E-state index >= 15 is 0 Å². The molecule has 146 valence electrons. The molecule has 5 unspecified atom stereocenters. The van der Waals surface area contributed by atoms with E-state index in [1.54, 1.807) is 0 Å². The summed E-state index contributed by atoms with van der Waals surface area (Å²) in [5.41, 5.74) is 0. The molecule has 1 fully saturated rings. The van der Waals surface area contributed by atoms with E-state index in [-0.39, 0.29) is 0 Å². The standard InChI is InChI=1S/C10H20O9.H3O4P/c11-1-3(13)5(14)7(16)9(18)10-8(17)6(15)4(2-12)19-10;1-5(2,3)4/h3-18H,1-2H2;(H3,1,2,3,4)/t3?,4-,5?,6-,7?,8-,9?,10?;/m1./s1. The zero-order chi connectivity index (χ0) is 19.2. The SMILES string of the molecule is O=P(O)(O)O.OCC(O)C(O)C(O)C(O)C1O[C@H](CO)[C@@H](O)[C@H]1O. The van der Waals surface area contributed by atoms with Gasteiger partial charge in [-0.25, -0.2) is 4.57 Å². The molecule has 0 aliphatic carbocycles. The molecule has 24 heavy (non-hydrogen) atoms. The van der Waals surface area contributed by atoms with E-state index < -0.39 is 69.9 Å². The Morgan fingerprint density at radius 3 is 1.71 bits per heavy atom. The number of aliphatic hydroxyl groups excluding tert-OH is 8. The van der Waals surface area contributed by atoms with Gasteiger partial charge >= 0.3 is 7.82 Å². The van der Waals surface area contributed by atoms with Gasteiger partial charge in [-0.05, 0) is 0 Å². The van der Waals surface area contributed by atoms with E-state index in [0.717, 1.165) is 0 Å². The maximum atomic E-state index is 9.75. The first kappa shape index (κ1) is 23.8. The number of ether oxygens (including phenoxy) is 1. The zero-order valence-electron chi connectivity index (χ0n) is 12.2. The van der Waals surface area contributed by atoms with E-state index in [1.165, 1.54) is 0 Å². The molecule has 0 amide bonds. The van der Waals surface area contributed by atoms with Crippen LogP contribution in [0, 0.1) is 0 Å². The number of hydrogen-bond donors (Lipinski definition) is 11. The van der Waals surface area contributed by atoms with Crippen molar-refractivity contribution in [3.63, 3.8) is 0 Å². The summed E-state index contributed by atoms with van der Waals surface area (Å²) in [4.78, 5) is 21.6. The maximum Gasteiger partial charge on any atom is 0.466 e. The number of rotatable bonds is 6. The summed E-state index contributed by atoms with van der Waals surface area (Å²) >= 11 is 0. The van der Waals surface area contributed by atoms with Crippen LogP contribution in [0.15, 0.2) is 0 Å². The topological polar surface area (TPSA) is 249 Å². The van der Waals surface area contributed by atoms with Gasteiger partial charge in [0.2, 0.25) is 0 Å². The van der Waals surface area contributed by atoms with Crippen LogP contribution in [-0.2, 0) is 9.30 Å². The van der Waals surface area contributed by atoms with Gasteiger partial charge < -0.3 is 60.3 Å². The van der Waals surface area contributed by atoms with Crippen molar-refractivity contribution in [1.82, 2.24) is 0 Å². The zero-order valence-corrected chi connectivity index (χ0v) is 13.1. The van der Waals surface area contributed by atoms with Gasteiger partial charge in [-0.1, -0.05) is 0 Å². The Hall–Kier alpha value is -0.250. The molecule has 13 nitrogen and oxygen atoms in total. The summed E-state index contributed by atoms with van der Waals surface area (Å²) in [7, 11) is -4.64. The van der Waals surface area contributed by atoms with Crippen molar-refractivity contribution >= 4 is 7.82 Å². The third-order valence-electron chi connectivity index (χ3n) is 3.20. The van der Waals surface area contributed by atoms with Gasteiger partial charge in [0.1, 0.15) is 48.8 Å². The van der Waals surface area contributed by atoms with E-state index in [0.29, 0.717) is 0 Å². The molecule has 0 saturated carbocycles. The highest BCUT2D eigenvalue weighted by atomic mass is 31.2. The van der Waals surface area contributed by atoms with Crippen LogP contribution in [0.3, 0.4) is 0 Å². The molecule has 1 heterocycles. The van der Waals surface area contributed by atoms with E-state index in [9.17, 15) is 25.5 Å². The van der Waals surface area contributed by atoms with Gasteiger partial charge in [-0.2, -0.15) is 0 Å². The molecule has 0 aromatic rings. The highest BCUT2D eigenvalue weighted by Gasteiger charge is 2.48. The van der Waals surface area contributed by atoms with Gasteiger partial charge in [0.05, 0.1) is 13.2 Å². The Morgan fingerprint density at radius 1 is 0.917 bits per heavy atom. The first-order valence-corrected chi connectivity index (χ1v) is 8.15. The smallest absolute Gasteiger partial charge is 0.394 e. The Balaban J connectivity index is 0.000000922. The first-order chi connectivity index (χ1) is 10.8. The van der Waals surface area contributed by atoms with E-state index in [1.807, 2.05) is 0 Å². The molecule has 1 rings (SSSR count). The average molecular weight is 382 g/mol. The van der Waals surface area contributed by atoms with Crippen LogP contribution in [0.2, 0.25) is 0 Å². The van der Waals surface area contributed by atoms with Crippen molar-refractivity contribution < 1.29 is 64.8 Å². The van der Waals surface area contributed by atoms with Crippen LogP contribution < -0.4 is 0 Å². The van der Waals surface area contributed by atoms with E-state index in [4.69, 9.17) is 39.3 Å². The lowest BCUT2D eigenvalue weighted by Gasteiger charge is -2.30. The lowest BCUT2D eigenvalue weighted by molar-refractivity contribution is -0.160. The van der Waals surface area contributed by atoms with Crippen LogP contribution >= 0.6 is 7.82 Å². The lowest BCUT2D eigenvalue weighted by Crippen LogP contribution is -2.52. The van der Waals surface area contributed by atoms with Crippen LogP contribution in [-0.4, -0.2) is 118 Å². The van der Waals surface area contributed by atoms with Crippen molar-refractivity contribution in [2.24, 2.45) is 0 Å². The minimum Gasteiger partial charge on any atom is -0.394 e. The minimum atomic E-state index is -4.64. The molecule has 1 aliphatic heterocycles. The summed E-state index contributed by atoms with van der Waals surface area (Å²) < 4.78 is 13.8. The molecule has 14 heteroatoms. The molecule has 0 aromatic heterocycles. The Kier molecular flexibility index (Phi) is 9.93. The summed E-state index contributed by atoms with van der Waals surface area (Å²) in [6.07, 6.45) is -12.9. The minimum absolute atomic E-state index is 0.598. The predicted molar refractivity (Wildman–Crippen MR) is 73.1 cm³/mol. The Labute approximate surface area is 135 Å². The summed E-state index contributed by atoms with van der Waals surface area (Å²) in [5.74, 6) is 0. The van der Waals surface area contributed by atoms with Gasteiger partial charge in [-0.3, -0.25) is 0 Å². The number of phosphoric acid groups is 1. The number of aliphatic hydroxyl groups is 8. The predicted octanol–water partition coefficient (Wildman–Crippen LogP) is -6.02. The molecule has 11 N–H and O–H groups in total. The highest BCUT2D eigenvalue weighted by molar-refractivity contribution is 7.45. The molecular weight excluding hydrogens is 359 g/mol. The summed E-state index contributed by atoms with van der Waals surface area (Å²) in [6.45, 7) is -1.43. The molecule has 0 spiro atoms. The van der Waals surface area contributed by atoms with Gasteiger partial charge in [0.15, 0.2) is 0 Å². The average Bonchev–Trinajstić information content (AvgIpc) is 2.78. The molecular formula is C10H23O13P. The second-order valence-corrected chi connectivity index (χ2v) is 6.06. The fourth-order valence-corrected chi connectivity index (χ4v) is 1.94. The van der Waals surface area contributed by atoms with Gasteiger partial charge in [0, 0.05) is 0 Å². The highest BCUT2D eigenvalue weighted by Crippen LogP contribution is 2.26. The van der Waals surface area contributed by atoms with Gasteiger partial charge in [0.25, 0.3) is 0 Å². The van der Waals surface area contributed by atoms with Crippen LogP contribution in [0.1, 0.15) is 0 Å².